The molecule has 0 fully saturated rings. The molecule has 0 spiro atoms. The average Bonchev–Trinajstić information content (AvgIpc) is 3.01. The Kier molecular flexibility index (Phi) is 4.80. The molecule has 1 amide bonds. The van der Waals surface area contributed by atoms with Gasteiger partial charge >= 0.3 is 0 Å². The molecular formula is C19H18ClN3O3. The molecule has 1 aromatic carbocycles. The predicted octanol–water partition coefficient (Wildman–Crippen LogP) is 2.99. The van der Waals surface area contributed by atoms with Crippen LogP contribution in [0, 0.1) is 0 Å². The number of benzene rings is 1. The van der Waals surface area contributed by atoms with E-state index in [1.54, 1.807) is 48.9 Å². The van der Waals surface area contributed by atoms with Gasteiger partial charge in [0.05, 0.1) is 5.60 Å². The summed E-state index contributed by atoms with van der Waals surface area (Å²) in [6, 6.07) is 8.56. The van der Waals surface area contributed by atoms with Crippen molar-refractivity contribution in [3.05, 3.63) is 58.9 Å². The number of nitrogens with zero attached hydrogens (tertiary/aromatic N) is 2. The number of pyridine rings is 1. The van der Waals surface area contributed by atoms with Crippen molar-refractivity contribution in [2.45, 2.75) is 19.4 Å². The van der Waals surface area contributed by atoms with Crippen LogP contribution < -0.4 is 5.32 Å². The van der Waals surface area contributed by atoms with Crippen LogP contribution in [0.1, 0.15) is 34.6 Å². The summed E-state index contributed by atoms with van der Waals surface area (Å²) in [4.78, 5) is 27.6. The van der Waals surface area contributed by atoms with Crippen molar-refractivity contribution in [2.24, 2.45) is 0 Å². The van der Waals surface area contributed by atoms with Gasteiger partial charge in [-0.25, -0.2) is 4.98 Å². The molecule has 0 aliphatic heterocycles. The molecule has 0 aliphatic rings. The first-order valence-corrected chi connectivity index (χ1v) is 8.38. The average molecular weight is 372 g/mol. The van der Waals surface area contributed by atoms with Gasteiger partial charge in [0, 0.05) is 46.2 Å². The van der Waals surface area contributed by atoms with Crippen molar-refractivity contribution in [3.8, 4) is 5.69 Å². The Hall–Kier alpha value is -2.70. The summed E-state index contributed by atoms with van der Waals surface area (Å²) in [5.74, 6) is -0.330. The Bertz CT molecular complexity index is 989. The standard InChI is InChI=1S/C19H18ClN3O3/c1-19(2,26)11-22-18(25)14-6-15(20)8-16(7-14)23-4-3-13-5-12(10-24)9-21-17(13)23/h3-10,26H,11H2,1-2H3,(H,22,25). The molecule has 3 rings (SSSR count). The lowest BCUT2D eigenvalue weighted by Gasteiger charge is -2.18. The largest absolute Gasteiger partial charge is 0.389 e. The maximum atomic E-state index is 12.4. The quantitative estimate of drug-likeness (QED) is 0.675. The predicted molar refractivity (Wildman–Crippen MR) is 100 cm³/mol. The highest BCUT2D eigenvalue weighted by Crippen LogP contribution is 2.23. The molecule has 0 aliphatic carbocycles. The summed E-state index contributed by atoms with van der Waals surface area (Å²) in [5, 5.41) is 13.6. The summed E-state index contributed by atoms with van der Waals surface area (Å²) < 4.78 is 1.79. The molecular weight excluding hydrogens is 354 g/mol. The molecule has 3 aromatic rings. The summed E-state index contributed by atoms with van der Waals surface area (Å²) in [7, 11) is 0. The first-order valence-electron chi connectivity index (χ1n) is 8.01. The van der Waals surface area contributed by atoms with Crippen LogP contribution in [0.2, 0.25) is 5.02 Å². The van der Waals surface area contributed by atoms with Gasteiger partial charge in [0.15, 0.2) is 6.29 Å². The van der Waals surface area contributed by atoms with E-state index < -0.39 is 5.60 Å². The normalized spacial score (nSPS) is 11.5. The first kappa shape index (κ1) is 18.1. The number of aromatic nitrogens is 2. The van der Waals surface area contributed by atoms with Crippen LogP contribution in [0.3, 0.4) is 0 Å². The van der Waals surface area contributed by atoms with Crippen molar-refractivity contribution in [3.63, 3.8) is 0 Å². The van der Waals surface area contributed by atoms with E-state index in [1.807, 2.05) is 6.07 Å². The fraction of sp³-hybridized carbons (Fsp3) is 0.211. The van der Waals surface area contributed by atoms with Crippen LogP contribution >= 0.6 is 11.6 Å². The van der Waals surface area contributed by atoms with Crippen LogP contribution in [-0.4, -0.2) is 39.0 Å². The van der Waals surface area contributed by atoms with E-state index in [4.69, 9.17) is 11.6 Å². The molecule has 26 heavy (non-hydrogen) atoms. The van der Waals surface area contributed by atoms with Gasteiger partial charge in [0.1, 0.15) is 5.65 Å². The van der Waals surface area contributed by atoms with Crippen molar-refractivity contribution in [1.82, 2.24) is 14.9 Å². The zero-order valence-corrected chi connectivity index (χ0v) is 15.1. The number of fused-ring (bicyclic) bond motifs is 1. The van der Waals surface area contributed by atoms with Crippen LogP contribution in [0.15, 0.2) is 42.7 Å². The number of aliphatic hydroxyl groups is 1. The number of hydrogen-bond donors (Lipinski definition) is 2. The third kappa shape index (κ3) is 3.92. The Balaban J connectivity index is 1.98. The van der Waals surface area contributed by atoms with Crippen molar-refractivity contribution in [1.29, 1.82) is 0 Å². The molecule has 2 heterocycles. The maximum absolute atomic E-state index is 12.4. The highest BCUT2D eigenvalue weighted by Gasteiger charge is 2.16. The molecule has 0 atom stereocenters. The lowest BCUT2D eigenvalue weighted by atomic mass is 10.1. The lowest BCUT2D eigenvalue weighted by Crippen LogP contribution is -2.38. The van der Waals surface area contributed by atoms with Gasteiger partial charge in [-0.1, -0.05) is 11.6 Å². The second kappa shape index (κ2) is 6.90. The first-order chi connectivity index (χ1) is 12.3. The van der Waals surface area contributed by atoms with Gasteiger partial charge in [0.25, 0.3) is 5.91 Å². The number of amides is 1. The topological polar surface area (TPSA) is 84.2 Å². The second-order valence-corrected chi connectivity index (χ2v) is 7.11. The van der Waals surface area contributed by atoms with E-state index in [2.05, 4.69) is 10.3 Å². The maximum Gasteiger partial charge on any atom is 0.251 e. The van der Waals surface area contributed by atoms with E-state index in [-0.39, 0.29) is 12.5 Å². The van der Waals surface area contributed by atoms with Crippen molar-refractivity contribution < 1.29 is 14.7 Å². The van der Waals surface area contributed by atoms with E-state index >= 15 is 0 Å². The number of hydrogen-bond acceptors (Lipinski definition) is 4. The third-order valence-corrected chi connectivity index (χ3v) is 4.01. The lowest BCUT2D eigenvalue weighted by molar-refractivity contribution is 0.0694. The van der Waals surface area contributed by atoms with Gasteiger partial charge in [-0.05, 0) is 44.2 Å². The van der Waals surface area contributed by atoms with Gasteiger partial charge in [-0.15, -0.1) is 0 Å². The molecule has 7 heteroatoms. The Morgan fingerprint density at radius 2 is 2.12 bits per heavy atom. The van der Waals surface area contributed by atoms with Gasteiger partial charge in [0.2, 0.25) is 0 Å². The van der Waals surface area contributed by atoms with Gasteiger partial charge in [-0.3, -0.25) is 9.59 Å². The van der Waals surface area contributed by atoms with Crippen LogP contribution in [0.25, 0.3) is 16.7 Å². The van der Waals surface area contributed by atoms with Crippen LogP contribution in [0.5, 0.6) is 0 Å². The number of nitrogens with one attached hydrogen (secondary N) is 1. The number of aldehydes is 1. The summed E-state index contributed by atoms with van der Waals surface area (Å²) in [6.07, 6.45) is 4.04. The Labute approximate surface area is 155 Å². The smallest absolute Gasteiger partial charge is 0.251 e. The number of carbonyl (C=O) groups is 2. The molecule has 0 saturated carbocycles. The number of rotatable bonds is 5. The minimum absolute atomic E-state index is 0.121. The minimum Gasteiger partial charge on any atom is -0.389 e. The summed E-state index contributed by atoms with van der Waals surface area (Å²) in [6.45, 7) is 3.35. The van der Waals surface area contributed by atoms with E-state index in [0.29, 0.717) is 27.5 Å². The minimum atomic E-state index is -1.01. The zero-order valence-electron chi connectivity index (χ0n) is 14.4. The fourth-order valence-corrected chi connectivity index (χ4v) is 2.79. The molecule has 134 valence electrons. The molecule has 0 saturated heterocycles. The molecule has 0 unspecified atom stereocenters. The summed E-state index contributed by atoms with van der Waals surface area (Å²) >= 11 is 6.19. The highest BCUT2D eigenvalue weighted by atomic mass is 35.5. The second-order valence-electron chi connectivity index (χ2n) is 6.68. The van der Waals surface area contributed by atoms with Gasteiger partial charge < -0.3 is 15.0 Å². The van der Waals surface area contributed by atoms with Crippen molar-refractivity contribution in [2.75, 3.05) is 6.54 Å². The fourth-order valence-electron chi connectivity index (χ4n) is 2.56. The third-order valence-electron chi connectivity index (χ3n) is 3.79. The van der Waals surface area contributed by atoms with Crippen molar-refractivity contribution >= 4 is 34.8 Å². The monoisotopic (exact) mass is 371 g/mol. The molecule has 2 N–H and O–H groups in total. The van der Waals surface area contributed by atoms with Crippen LogP contribution in [-0.2, 0) is 0 Å². The van der Waals surface area contributed by atoms with E-state index in [9.17, 15) is 14.7 Å². The van der Waals surface area contributed by atoms with Crippen LogP contribution in [0.4, 0.5) is 0 Å². The molecule has 2 aromatic heterocycles. The van der Waals surface area contributed by atoms with E-state index in [1.165, 1.54) is 6.20 Å². The highest BCUT2D eigenvalue weighted by molar-refractivity contribution is 6.31. The number of carbonyl (C=O) groups excluding carboxylic acids is 2. The Morgan fingerprint density at radius 3 is 2.81 bits per heavy atom. The molecule has 0 bridgehead atoms. The molecule has 0 radical (unpaired) electrons. The summed E-state index contributed by atoms with van der Waals surface area (Å²) in [5.41, 5.74) is 1.19. The molecule has 6 nitrogen and oxygen atoms in total. The van der Waals surface area contributed by atoms with E-state index in [0.717, 1.165) is 11.7 Å². The SMILES string of the molecule is CC(C)(O)CNC(=O)c1cc(Cl)cc(-n2ccc3cc(C=O)cnc32)c1. The Morgan fingerprint density at radius 1 is 1.35 bits per heavy atom. The van der Waals surface area contributed by atoms with Gasteiger partial charge in [-0.2, -0.15) is 0 Å². The number of halogens is 1. The zero-order chi connectivity index (χ0) is 18.9.